The van der Waals surface area contributed by atoms with Crippen LogP contribution in [0.2, 0.25) is 0 Å². The molecule has 0 unspecified atom stereocenters. The first-order valence-corrected chi connectivity index (χ1v) is 13.5. The molecule has 8 heteroatoms. The van der Waals surface area contributed by atoms with Gasteiger partial charge >= 0.3 is 11.9 Å². The number of hydrogen-bond donors (Lipinski definition) is 0. The first-order chi connectivity index (χ1) is 18.8. The summed E-state index contributed by atoms with van der Waals surface area (Å²) >= 11 is 0. The van der Waals surface area contributed by atoms with Gasteiger partial charge in [0.2, 0.25) is 0 Å². The van der Waals surface area contributed by atoms with Gasteiger partial charge in [-0.2, -0.15) is 0 Å². The zero-order valence-corrected chi connectivity index (χ0v) is 24.9. The molecular formula is C31H46O8. The van der Waals surface area contributed by atoms with Crippen LogP contribution in [0.5, 0.6) is 11.5 Å². The second kappa shape index (κ2) is 19.0. The Hall–Kier alpha value is -3.10. The Balaban J connectivity index is 0.000000391. The van der Waals surface area contributed by atoms with Crippen LogP contribution in [0.4, 0.5) is 0 Å². The predicted octanol–water partition coefficient (Wildman–Crippen LogP) is 6.60. The van der Waals surface area contributed by atoms with Crippen LogP contribution in [0.1, 0.15) is 89.4 Å². The SMILES string of the molecule is CCCCc1cc(C)c(C(=O)OC)c(OCOC)c1.CCCCc1cc(C)c(C(=O)OCC)c(OCOC)c1. The van der Waals surface area contributed by atoms with Gasteiger partial charge in [0, 0.05) is 14.2 Å². The molecule has 218 valence electrons. The number of aryl methyl sites for hydroxylation is 4. The molecule has 0 saturated heterocycles. The lowest BCUT2D eigenvalue weighted by molar-refractivity contribution is 0.0434. The van der Waals surface area contributed by atoms with Crippen molar-refractivity contribution in [3.63, 3.8) is 0 Å². The Morgan fingerprint density at radius 1 is 0.667 bits per heavy atom. The average Bonchev–Trinajstić information content (AvgIpc) is 2.92. The fourth-order valence-corrected chi connectivity index (χ4v) is 4.01. The fraction of sp³-hybridized carbons (Fsp3) is 0.548. The highest BCUT2D eigenvalue weighted by molar-refractivity contribution is 5.94. The summed E-state index contributed by atoms with van der Waals surface area (Å²) < 4.78 is 30.7. The molecule has 0 spiro atoms. The van der Waals surface area contributed by atoms with Gasteiger partial charge < -0.3 is 28.4 Å². The van der Waals surface area contributed by atoms with E-state index < -0.39 is 0 Å². The third-order valence-electron chi connectivity index (χ3n) is 5.89. The summed E-state index contributed by atoms with van der Waals surface area (Å²) in [6, 6.07) is 7.85. The van der Waals surface area contributed by atoms with Gasteiger partial charge in [-0.25, -0.2) is 9.59 Å². The number of methoxy groups -OCH3 is 3. The number of unbranched alkanes of at least 4 members (excludes halogenated alkanes) is 2. The van der Waals surface area contributed by atoms with E-state index in [4.69, 9.17) is 28.4 Å². The summed E-state index contributed by atoms with van der Waals surface area (Å²) in [6.07, 6.45) is 6.44. The Morgan fingerprint density at radius 3 is 1.46 bits per heavy atom. The van der Waals surface area contributed by atoms with Gasteiger partial charge in [0.1, 0.15) is 22.6 Å². The zero-order valence-electron chi connectivity index (χ0n) is 24.9. The van der Waals surface area contributed by atoms with Crippen LogP contribution in [-0.2, 0) is 31.8 Å². The summed E-state index contributed by atoms with van der Waals surface area (Å²) in [4.78, 5) is 23.8. The number of rotatable bonds is 15. The molecule has 0 aliphatic rings. The van der Waals surface area contributed by atoms with Crippen LogP contribution in [0, 0.1) is 13.8 Å². The van der Waals surface area contributed by atoms with Gasteiger partial charge in [-0.1, -0.05) is 38.8 Å². The summed E-state index contributed by atoms with van der Waals surface area (Å²) in [6.45, 7) is 10.5. The lowest BCUT2D eigenvalue weighted by atomic mass is 10.0. The first-order valence-electron chi connectivity index (χ1n) is 13.5. The van der Waals surface area contributed by atoms with Crippen molar-refractivity contribution in [2.45, 2.75) is 73.1 Å². The van der Waals surface area contributed by atoms with E-state index >= 15 is 0 Å². The molecule has 0 bridgehead atoms. The lowest BCUT2D eigenvalue weighted by Crippen LogP contribution is -2.11. The number of ether oxygens (including phenoxy) is 6. The van der Waals surface area contributed by atoms with Crippen molar-refractivity contribution in [1.82, 2.24) is 0 Å². The molecule has 0 saturated carbocycles. The maximum Gasteiger partial charge on any atom is 0.342 e. The molecule has 2 aromatic carbocycles. The molecule has 2 aromatic rings. The van der Waals surface area contributed by atoms with E-state index in [0.717, 1.165) is 55.2 Å². The van der Waals surface area contributed by atoms with Crippen molar-refractivity contribution in [3.05, 3.63) is 57.6 Å². The van der Waals surface area contributed by atoms with Crippen LogP contribution in [-0.4, -0.2) is 53.5 Å². The molecule has 0 aliphatic heterocycles. The molecule has 0 atom stereocenters. The summed E-state index contributed by atoms with van der Waals surface area (Å²) in [5, 5.41) is 0. The average molecular weight is 547 g/mol. The molecule has 39 heavy (non-hydrogen) atoms. The maximum atomic E-state index is 12.0. The monoisotopic (exact) mass is 546 g/mol. The van der Waals surface area contributed by atoms with Crippen molar-refractivity contribution >= 4 is 11.9 Å². The minimum Gasteiger partial charge on any atom is -0.467 e. The first kappa shape index (κ1) is 33.9. The van der Waals surface area contributed by atoms with E-state index in [0.29, 0.717) is 29.2 Å². The van der Waals surface area contributed by atoms with Crippen molar-refractivity contribution in [1.29, 1.82) is 0 Å². The minimum atomic E-state index is -0.384. The summed E-state index contributed by atoms with van der Waals surface area (Å²) in [5.41, 5.74) is 5.04. The lowest BCUT2D eigenvalue weighted by Gasteiger charge is -2.14. The topological polar surface area (TPSA) is 89.5 Å². The largest absolute Gasteiger partial charge is 0.467 e. The molecule has 0 aliphatic carbocycles. The van der Waals surface area contributed by atoms with Crippen molar-refractivity contribution in [2.75, 3.05) is 41.5 Å². The van der Waals surface area contributed by atoms with Crippen LogP contribution in [0.3, 0.4) is 0 Å². The van der Waals surface area contributed by atoms with Gasteiger partial charge in [0.15, 0.2) is 13.6 Å². The Morgan fingerprint density at radius 2 is 1.10 bits per heavy atom. The fourth-order valence-electron chi connectivity index (χ4n) is 4.01. The molecule has 0 heterocycles. The third-order valence-corrected chi connectivity index (χ3v) is 5.89. The van der Waals surface area contributed by atoms with Crippen molar-refractivity contribution in [3.8, 4) is 11.5 Å². The Kier molecular flexibility index (Phi) is 16.6. The molecule has 2 rings (SSSR count). The second-order valence-electron chi connectivity index (χ2n) is 9.09. The van der Waals surface area contributed by atoms with Crippen LogP contribution in [0.25, 0.3) is 0 Å². The van der Waals surface area contributed by atoms with Crippen molar-refractivity contribution < 1.29 is 38.0 Å². The Bertz CT molecular complexity index is 1030. The molecule has 0 aromatic heterocycles. The minimum absolute atomic E-state index is 0.112. The van der Waals surface area contributed by atoms with E-state index in [1.165, 1.54) is 12.7 Å². The zero-order chi connectivity index (χ0) is 29.2. The van der Waals surface area contributed by atoms with Gasteiger partial charge in [0.05, 0.1) is 13.7 Å². The van der Waals surface area contributed by atoms with Gasteiger partial charge in [0.25, 0.3) is 0 Å². The second-order valence-corrected chi connectivity index (χ2v) is 9.09. The molecule has 0 radical (unpaired) electrons. The quantitative estimate of drug-likeness (QED) is 0.182. The molecule has 0 N–H and O–H groups in total. The van der Waals surface area contributed by atoms with Crippen LogP contribution in [0.15, 0.2) is 24.3 Å². The van der Waals surface area contributed by atoms with E-state index in [1.807, 2.05) is 38.1 Å². The molecular weight excluding hydrogens is 500 g/mol. The van der Waals surface area contributed by atoms with Gasteiger partial charge in [-0.05, 0) is 80.8 Å². The number of hydrogen-bond acceptors (Lipinski definition) is 8. The molecule has 0 amide bonds. The van der Waals surface area contributed by atoms with Gasteiger partial charge in [-0.15, -0.1) is 0 Å². The third kappa shape index (κ3) is 11.3. The van der Waals surface area contributed by atoms with E-state index in [2.05, 4.69) is 13.8 Å². The molecule has 8 nitrogen and oxygen atoms in total. The normalized spacial score (nSPS) is 10.4. The number of benzene rings is 2. The number of carbonyl (C=O) groups is 2. The van der Waals surface area contributed by atoms with Crippen LogP contribution < -0.4 is 9.47 Å². The smallest absolute Gasteiger partial charge is 0.342 e. The predicted molar refractivity (Wildman–Crippen MR) is 152 cm³/mol. The maximum absolute atomic E-state index is 12.0. The highest BCUT2D eigenvalue weighted by Crippen LogP contribution is 2.28. The number of esters is 2. The van der Waals surface area contributed by atoms with Crippen molar-refractivity contribution in [2.24, 2.45) is 0 Å². The summed E-state index contributed by atoms with van der Waals surface area (Å²) in [7, 11) is 4.47. The number of carbonyl (C=O) groups excluding carboxylic acids is 2. The van der Waals surface area contributed by atoms with Gasteiger partial charge in [-0.3, -0.25) is 0 Å². The van der Waals surface area contributed by atoms with E-state index in [9.17, 15) is 9.59 Å². The molecule has 0 fully saturated rings. The standard InChI is InChI=1S/C16H24O4.C15H22O4/c1-5-7-8-13-9-12(3)15(16(17)19-6-2)14(10-13)20-11-18-4;1-5-6-7-12-8-11(2)14(15(16)18-4)13(9-12)19-10-17-3/h9-10H,5-8,11H2,1-4H3;8-9H,5-7,10H2,1-4H3. The van der Waals surface area contributed by atoms with E-state index in [1.54, 1.807) is 21.1 Å². The highest BCUT2D eigenvalue weighted by atomic mass is 16.7. The summed E-state index contributed by atoms with van der Waals surface area (Å²) in [5.74, 6) is 0.333. The Labute approximate surface area is 233 Å². The highest BCUT2D eigenvalue weighted by Gasteiger charge is 2.19. The van der Waals surface area contributed by atoms with E-state index in [-0.39, 0.29) is 25.5 Å². The van der Waals surface area contributed by atoms with Crippen LogP contribution >= 0.6 is 0 Å².